The maximum absolute atomic E-state index is 6.36. The Hall–Kier alpha value is -1.59. The minimum atomic E-state index is -0.384. The molecule has 23 heavy (non-hydrogen) atoms. The van der Waals surface area contributed by atoms with Gasteiger partial charge >= 0.3 is 0 Å². The Kier molecular flexibility index (Phi) is 6.02. The molecule has 2 N–H and O–H groups in total. The van der Waals surface area contributed by atoms with E-state index in [2.05, 4.69) is 16.2 Å². The molecule has 1 aliphatic carbocycles. The number of aryl methyl sites for hydroxylation is 2. The quantitative estimate of drug-likeness (QED) is 0.874. The predicted octanol–water partition coefficient (Wildman–Crippen LogP) is 3.40. The van der Waals surface area contributed by atoms with E-state index in [0.29, 0.717) is 24.7 Å². The predicted molar refractivity (Wildman–Crippen MR) is 90.9 cm³/mol. The third-order valence-electron chi connectivity index (χ3n) is 4.29. The molecular formula is C17H24ClN3O2. The van der Waals surface area contributed by atoms with Crippen LogP contribution in [0.5, 0.6) is 5.75 Å². The Bertz CT molecular complexity index is 624. The zero-order valence-electron chi connectivity index (χ0n) is 13.5. The van der Waals surface area contributed by atoms with Gasteiger partial charge < -0.3 is 15.0 Å². The van der Waals surface area contributed by atoms with Crippen LogP contribution in [0.4, 0.5) is 0 Å². The maximum Gasteiger partial charge on any atom is 0.227 e. The summed E-state index contributed by atoms with van der Waals surface area (Å²) in [4.78, 5) is 4.51. The largest absolute Gasteiger partial charge is 0.494 e. The molecule has 0 saturated heterocycles. The molecule has 6 heteroatoms. The Morgan fingerprint density at radius 3 is 2.70 bits per heavy atom. The SMILES string of the molecule is CCOc1ccccc1CCc1nc(C2(N)CCCC2)no1.Cl. The van der Waals surface area contributed by atoms with Gasteiger partial charge in [0.25, 0.3) is 0 Å². The van der Waals surface area contributed by atoms with Crippen LogP contribution in [0, 0.1) is 0 Å². The molecule has 1 aromatic heterocycles. The van der Waals surface area contributed by atoms with Gasteiger partial charge in [0.15, 0.2) is 5.82 Å². The number of hydrogen-bond acceptors (Lipinski definition) is 5. The number of para-hydroxylation sites is 1. The fourth-order valence-corrected chi connectivity index (χ4v) is 3.04. The van der Waals surface area contributed by atoms with Crippen LogP contribution in [-0.4, -0.2) is 16.7 Å². The van der Waals surface area contributed by atoms with E-state index in [9.17, 15) is 0 Å². The molecule has 1 saturated carbocycles. The lowest BCUT2D eigenvalue weighted by Gasteiger charge is -2.17. The monoisotopic (exact) mass is 337 g/mol. The number of nitrogens with two attached hydrogens (primary N) is 1. The molecule has 0 bridgehead atoms. The van der Waals surface area contributed by atoms with E-state index in [1.165, 1.54) is 0 Å². The fourth-order valence-electron chi connectivity index (χ4n) is 3.04. The second-order valence-electron chi connectivity index (χ2n) is 5.92. The van der Waals surface area contributed by atoms with Crippen molar-refractivity contribution in [3.63, 3.8) is 0 Å². The molecule has 5 nitrogen and oxygen atoms in total. The Morgan fingerprint density at radius 1 is 1.22 bits per heavy atom. The van der Waals surface area contributed by atoms with Gasteiger partial charge in [-0.1, -0.05) is 36.2 Å². The highest BCUT2D eigenvalue weighted by atomic mass is 35.5. The van der Waals surface area contributed by atoms with E-state index in [1.807, 2.05) is 25.1 Å². The molecule has 0 aliphatic heterocycles. The van der Waals surface area contributed by atoms with Crippen LogP contribution in [0.3, 0.4) is 0 Å². The van der Waals surface area contributed by atoms with Crippen LogP contribution in [0.25, 0.3) is 0 Å². The number of halogens is 1. The summed E-state index contributed by atoms with van der Waals surface area (Å²) in [5.41, 5.74) is 7.14. The van der Waals surface area contributed by atoms with E-state index in [1.54, 1.807) is 0 Å². The topological polar surface area (TPSA) is 74.2 Å². The summed E-state index contributed by atoms with van der Waals surface area (Å²) >= 11 is 0. The minimum Gasteiger partial charge on any atom is -0.494 e. The molecule has 0 atom stereocenters. The van der Waals surface area contributed by atoms with Gasteiger partial charge in [-0.25, -0.2) is 0 Å². The van der Waals surface area contributed by atoms with Crippen LogP contribution in [0.15, 0.2) is 28.8 Å². The van der Waals surface area contributed by atoms with Gasteiger partial charge in [0, 0.05) is 6.42 Å². The van der Waals surface area contributed by atoms with Gasteiger partial charge in [0.05, 0.1) is 12.1 Å². The van der Waals surface area contributed by atoms with Crippen LogP contribution in [-0.2, 0) is 18.4 Å². The molecular weight excluding hydrogens is 314 g/mol. The van der Waals surface area contributed by atoms with Crippen molar-refractivity contribution in [1.29, 1.82) is 0 Å². The van der Waals surface area contributed by atoms with E-state index in [4.69, 9.17) is 15.0 Å². The highest BCUT2D eigenvalue weighted by molar-refractivity contribution is 5.85. The second kappa shape index (κ2) is 7.79. The van der Waals surface area contributed by atoms with Gasteiger partial charge in [-0.15, -0.1) is 12.4 Å². The number of nitrogens with zero attached hydrogens (tertiary/aromatic N) is 2. The molecule has 1 aliphatic rings. The van der Waals surface area contributed by atoms with Crippen molar-refractivity contribution in [2.24, 2.45) is 5.73 Å². The molecule has 0 spiro atoms. The van der Waals surface area contributed by atoms with Gasteiger partial charge in [0.2, 0.25) is 5.89 Å². The van der Waals surface area contributed by atoms with E-state index in [0.717, 1.165) is 43.4 Å². The van der Waals surface area contributed by atoms with Crippen molar-refractivity contribution in [1.82, 2.24) is 10.1 Å². The average Bonchev–Trinajstić information content (AvgIpc) is 3.17. The number of ether oxygens (including phenoxy) is 1. The van der Waals surface area contributed by atoms with Gasteiger partial charge in [-0.05, 0) is 37.8 Å². The number of hydrogen-bond donors (Lipinski definition) is 1. The summed E-state index contributed by atoms with van der Waals surface area (Å²) in [6.45, 7) is 2.65. The molecule has 0 unspecified atom stereocenters. The maximum atomic E-state index is 6.36. The molecule has 1 fully saturated rings. The van der Waals surface area contributed by atoms with Crippen molar-refractivity contribution >= 4 is 12.4 Å². The summed E-state index contributed by atoms with van der Waals surface area (Å²) in [5, 5.41) is 4.10. The molecule has 2 aromatic rings. The third kappa shape index (κ3) is 4.03. The van der Waals surface area contributed by atoms with Gasteiger partial charge in [0.1, 0.15) is 5.75 Å². The van der Waals surface area contributed by atoms with Crippen molar-refractivity contribution in [2.45, 2.75) is 51.0 Å². The first-order valence-corrected chi connectivity index (χ1v) is 8.04. The van der Waals surface area contributed by atoms with Crippen LogP contribution in [0.1, 0.15) is 49.9 Å². The van der Waals surface area contributed by atoms with Crippen molar-refractivity contribution in [2.75, 3.05) is 6.61 Å². The average molecular weight is 338 g/mol. The first-order chi connectivity index (χ1) is 10.7. The van der Waals surface area contributed by atoms with Crippen molar-refractivity contribution in [3.05, 3.63) is 41.5 Å². The zero-order chi connectivity index (χ0) is 15.4. The van der Waals surface area contributed by atoms with Crippen molar-refractivity contribution < 1.29 is 9.26 Å². The number of rotatable bonds is 6. The number of aromatic nitrogens is 2. The molecule has 1 aromatic carbocycles. The Morgan fingerprint density at radius 2 is 1.96 bits per heavy atom. The molecule has 0 radical (unpaired) electrons. The van der Waals surface area contributed by atoms with Crippen LogP contribution in [0.2, 0.25) is 0 Å². The summed E-state index contributed by atoms with van der Waals surface area (Å²) in [6, 6.07) is 8.07. The van der Waals surface area contributed by atoms with Gasteiger partial charge in [-0.2, -0.15) is 4.98 Å². The highest BCUT2D eigenvalue weighted by Crippen LogP contribution is 2.34. The molecule has 1 heterocycles. The first-order valence-electron chi connectivity index (χ1n) is 8.04. The van der Waals surface area contributed by atoms with E-state index in [-0.39, 0.29) is 17.9 Å². The summed E-state index contributed by atoms with van der Waals surface area (Å²) < 4.78 is 11.0. The van der Waals surface area contributed by atoms with Gasteiger partial charge in [-0.3, -0.25) is 0 Å². The molecule has 0 amide bonds. The lowest BCUT2D eigenvalue weighted by atomic mass is 9.99. The Balaban J connectivity index is 0.00000192. The summed E-state index contributed by atoms with van der Waals surface area (Å²) in [6.07, 6.45) is 5.69. The smallest absolute Gasteiger partial charge is 0.227 e. The third-order valence-corrected chi connectivity index (χ3v) is 4.29. The minimum absolute atomic E-state index is 0. The lowest BCUT2D eigenvalue weighted by Crippen LogP contribution is -2.34. The highest BCUT2D eigenvalue weighted by Gasteiger charge is 2.35. The van der Waals surface area contributed by atoms with Crippen LogP contribution < -0.4 is 10.5 Å². The lowest BCUT2D eigenvalue weighted by molar-refractivity contribution is 0.334. The summed E-state index contributed by atoms with van der Waals surface area (Å²) in [7, 11) is 0. The van der Waals surface area contributed by atoms with Crippen molar-refractivity contribution in [3.8, 4) is 5.75 Å². The standard InChI is InChI=1S/C17H23N3O2.ClH/c1-2-21-14-8-4-3-7-13(14)9-10-15-19-16(20-22-15)17(18)11-5-6-12-17;/h3-4,7-8H,2,5-6,9-12,18H2,1H3;1H. The normalized spacial score (nSPS) is 16.1. The molecule has 126 valence electrons. The molecule has 3 rings (SSSR count). The number of benzene rings is 1. The first kappa shape index (κ1) is 17.8. The van der Waals surface area contributed by atoms with E-state index >= 15 is 0 Å². The second-order valence-corrected chi connectivity index (χ2v) is 5.92. The van der Waals surface area contributed by atoms with E-state index < -0.39 is 0 Å². The van der Waals surface area contributed by atoms with Crippen LogP contribution >= 0.6 is 12.4 Å². The summed E-state index contributed by atoms with van der Waals surface area (Å²) in [5.74, 6) is 2.24. The fraction of sp³-hybridized carbons (Fsp3) is 0.529. The Labute approximate surface area is 143 Å². The zero-order valence-corrected chi connectivity index (χ0v) is 14.3.